The van der Waals surface area contributed by atoms with Crippen molar-refractivity contribution < 1.29 is 4.79 Å². The van der Waals surface area contributed by atoms with Gasteiger partial charge in [0.05, 0.1) is 0 Å². The third kappa shape index (κ3) is 3.24. The molecular formula is C9H8BrNOS. The van der Waals surface area contributed by atoms with Crippen LogP contribution in [0.4, 0.5) is 5.69 Å². The fourth-order valence-corrected chi connectivity index (χ4v) is 1.13. The molecule has 13 heavy (non-hydrogen) atoms. The fourth-order valence-electron chi connectivity index (χ4n) is 0.752. The second-order valence-corrected chi connectivity index (χ2v) is 3.84. The maximum atomic E-state index is 10.8. The molecule has 1 rings (SSSR count). The Morgan fingerprint density at radius 1 is 1.38 bits per heavy atom. The summed E-state index contributed by atoms with van der Waals surface area (Å²) >= 11 is 8.13. The lowest BCUT2D eigenvalue weighted by atomic mass is 10.3. The van der Waals surface area contributed by atoms with Gasteiger partial charge in [0.25, 0.3) is 0 Å². The minimum atomic E-state index is -0.127. The van der Waals surface area contributed by atoms with E-state index in [0.717, 1.165) is 10.2 Å². The highest BCUT2D eigenvalue weighted by Gasteiger charge is 2.01. The molecule has 0 fully saturated rings. The minimum absolute atomic E-state index is 0.127. The van der Waals surface area contributed by atoms with Gasteiger partial charge in [-0.1, -0.05) is 28.1 Å². The number of carbonyl (C=O) groups excluding carboxylic acids is 1. The third-order valence-electron chi connectivity index (χ3n) is 1.42. The van der Waals surface area contributed by atoms with Crippen LogP contribution in [0.3, 0.4) is 0 Å². The van der Waals surface area contributed by atoms with Crippen molar-refractivity contribution in [1.29, 1.82) is 0 Å². The van der Waals surface area contributed by atoms with Gasteiger partial charge in [0.15, 0.2) is 5.78 Å². The highest BCUT2D eigenvalue weighted by molar-refractivity contribution is 9.10. The maximum absolute atomic E-state index is 10.8. The zero-order valence-electron chi connectivity index (χ0n) is 7.00. The number of nitrogens with one attached hydrogen (secondary N) is 1. The average Bonchev–Trinajstić information content (AvgIpc) is 2.08. The molecule has 4 heteroatoms. The van der Waals surface area contributed by atoms with Crippen molar-refractivity contribution in [2.75, 3.05) is 5.32 Å². The van der Waals surface area contributed by atoms with Crippen LogP contribution in [0.5, 0.6) is 0 Å². The number of ketones is 1. The molecule has 0 bridgehead atoms. The highest BCUT2D eigenvalue weighted by Crippen LogP contribution is 2.14. The van der Waals surface area contributed by atoms with E-state index in [1.165, 1.54) is 6.92 Å². The Kier molecular flexibility index (Phi) is 3.57. The maximum Gasteiger partial charge on any atom is 0.187 e. The monoisotopic (exact) mass is 257 g/mol. The predicted molar refractivity (Wildman–Crippen MR) is 61.0 cm³/mol. The van der Waals surface area contributed by atoms with E-state index in [2.05, 4.69) is 21.2 Å². The molecule has 0 spiro atoms. The number of carbonyl (C=O) groups is 1. The van der Waals surface area contributed by atoms with Crippen LogP contribution in [-0.4, -0.2) is 10.8 Å². The first-order valence-corrected chi connectivity index (χ1v) is 4.87. The van der Waals surface area contributed by atoms with Crippen LogP contribution in [0.25, 0.3) is 0 Å². The molecule has 68 valence electrons. The zero-order valence-corrected chi connectivity index (χ0v) is 9.41. The van der Waals surface area contributed by atoms with E-state index >= 15 is 0 Å². The standard InChI is InChI=1S/C9H8BrNOS/c1-6(12)9(13)11-8-4-2-7(10)3-5-8/h2-5H,1H3,(H,11,13). The molecule has 0 saturated carbocycles. The quantitative estimate of drug-likeness (QED) is 0.827. The van der Waals surface area contributed by atoms with Gasteiger partial charge in [0, 0.05) is 17.1 Å². The summed E-state index contributed by atoms with van der Waals surface area (Å²) in [6.07, 6.45) is 0. The van der Waals surface area contributed by atoms with Crippen molar-refractivity contribution >= 4 is 44.6 Å². The Morgan fingerprint density at radius 2 is 1.92 bits per heavy atom. The Morgan fingerprint density at radius 3 is 2.38 bits per heavy atom. The second-order valence-electron chi connectivity index (χ2n) is 2.52. The van der Waals surface area contributed by atoms with Crippen LogP contribution < -0.4 is 5.32 Å². The summed E-state index contributed by atoms with van der Waals surface area (Å²) < 4.78 is 0.992. The third-order valence-corrected chi connectivity index (χ3v) is 2.34. The molecule has 0 amide bonds. The molecule has 2 nitrogen and oxygen atoms in total. The van der Waals surface area contributed by atoms with E-state index in [9.17, 15) is 4.79 Å². The van der Waals surface area contributed by atoms with E-state index in [0.29, 0.717) is 0 Å². The SMILES string of the molecule is CC(=O)C(=S)Nc1ccc(Br)cc1. The molecule has 1 N–H and O–H groups in total. The first-order chi connectivity index (χ1) is 6.09. The average molecular weight is 258 g/mol. The van der Waals surface area contributed by atoms with Gasteiger partial charge < -0.3 is 5.32 Å². The van der Waals surface area contributed by atoms with E-state index < -0.39 is 0 Å². The zero-order chi connectivity index (χ0) is 9.84. The Balaban J connectivity index is 2.70. The van der Waals surface area contributed by atoms with Crippen LogP contribution in [0, 0.1) is 0 Å². The van der Waals surface area contributed by atoms with Gasteiger partial charge in [-0.3, -0.25) is 4.79 Å². The summed E-state index contributed by atoms with van der Waals surface area (Å²) in [5.41, 5.74) is 0.823. The summed E-state index contributed by atoms with van der Waals surface area (Å²) in [5, 5.41) is 2.83. The number of benzene rings is 1. The molecule has 0 atom stereocenters. The van der Waals surface area contributed by atoms with Gasteiger partial charge in [0.2, 0.25) is 0 Å². The smallest absolute Gasteiger partial charge is 0.187 e. The van der Waals surface area contributed by atoms with Crippen molar-refractivity contribution in [2.45, 2.75) is 6.92 Å². The van der Waals surface area contributed by atoms with Crippen molar-refractivity contribution in [1.82, 2.24) is 0 Å². The van der Waals surface area contributed by atoms with Crippen molar-refractivity contribution in [3.8, 4) is 0 Å². The summed E-state index contributed by atoms with van der Waals surface area (Å²) in [7, 11) is 0. The fraction of sp³-hybridized carbons (Fsp3) is 0.111. The van der Waals surface area contributed by atoms with Crippen LogP contribution in [0.1, 0.15) is 6.92 Å². The molecule has 0 radical (unpaired) electrons. The molecule has 0 aliphatic carbocycles. The van der Waals surface area contributed by atoms with Gasteiger partial charge in [-0.05, 0) is 24.3 Å². The Hall–Kier alpha value is -0.740. The molecule has 1 aromatic carbocycles. The molecule has 0 unspecified atom stereocenters. The van der Waals surface area contributed by atoms with Gasteiger partial charge in [-0.2, -0.15) is 0 Å². The van der Waals surface area contributed by atoms with Crippen LogP contribution >= 0.6 is 28.1 Å². The molecular weight excluding hydrogens is 250 g/mol. The summed E-state index contributed by atoms with van der Waals surface area (Å²) in [5.74, 6) is -0.127. The lowest BCUT2D eigenvalue weighted by Crippen LogP contribution is -2.17. The van der Waals surface area contributed by atoms with Gasteiger partial charge in [0.1, 0.15) is 4.99 Å². The van der Waals surface area contributed by atoms with E-state index in [-0.39, 0.29) is 10.8 Å². The first kappa shape index (κ1) is 10.3. The predicted octanol–water partition coefficient (Wildman–Crippen LogP) is 2.78. The van der Waals surface area contributed by atoms with Gasteiger partial charge >= 0.3 is 0 Å². The molecule has 0 heterocycles. The van der Waals surface area contributed by atoms with Gasteiger partial charge in [-0.15, -0.1) is 0 Å². The number of hydrogen-bond donors (Lipinski definition) is 1. The van der Waals surface area contributed by atoms with Crippen LogP contribution in [0.2, 0.25) is 0 Å². The van der Waals surface area contributed by atoms with E-state index in [1.807, 2.05) is 24.3 Å². The largest absolute Gasteiger partial charge is 0.344 e. The molecule has 0 saturated heterocycles. The van der Waals surface area contributed by atoms with E-state index in [4.69, 9.17) is 12.2 Å². The Labute approximate surface area is 90.5 Å². The summed E-state index contributed by atoms with van der Waals surface area (Å²) in [6.45, 7) is 1.44. The van der Waals surface area contributed by atoms with Crippen molar-refractivity contribution in [2.24, 2.45) is 0 Å². The number of rotatable bonds is 2. The summed E-state index contributed by atoms with van der Waals surface area (Å²) in [4.78, 5) is 11.0. The van der Waals surface area contributed by atoms with Crippen LogP contribution in [0.15, 0.2) is 28.7 Å². The summed E-state index contributed by atoms with van der Waals surface area (Å²) in [6, 6.07) is 7.45. The Bertz CT molecular complexity index is 334. The topological polar surface area (TPSA) is 29.1 Å². The van der Waals surface area contributed by atoms with Crippen molar-refractivity contribution in [3.63, 3.8) is 0 Å². The highest BCUT2D eigenvalue weighted by atomic mass is 79.9. The first-order valence-electron chi connectivity index (χ1n) is 3.67. The lowest BCUT2D eigenvalue weighted by molar-refractivity contribution is -0.110. The number of anilines is 1. The second kappa shape index (κ2) is 4.48. The van der Waals surface area contributed by atoms with Crippen molar-refractivity contribution in [3.05, 3.63) is 28.7 Å². The molecule has 0 aromatic heterocycles. The molecule has 0 aliphatic heterocycles. The minimum Gasteiger partial charge on any atom is -0.344 e. The molecule has 1 aromatic rings. The number of thiocarbonyl (C=S) groups is 1. The lowest BCUT2D eigenvalue weighted by Gasteiger charge is -2.04. The number of hydrogen-bond acceptors (Lipinski definition) is 2. The van der Waals surface area contributed by atoms with Crippen LogP contribution in [-0.2, 0) is 4.79 Å². The number of halogens is 1. The van der Waals surface area contributed by atoms with E-state index in [1.54, 1.807) is 0 Å². The number of Topliss-reactive ketones (excluding diaryl/α,β-unsaturated/α-hetero) is 1. The van der Waals surface area contributed by atoms with Gasteiger partial charge in [-0.25, -0.2) is 0 Å². The molecule has 0 aliphatic rings. The normalized spacial score (nSPS) is 9.38.